The van der Waals surface area contributed by atoms with Crippen LogP contribution in [0.5, 0.6) is 11.6 Å². The Morgan fingerprint density at radius 1 is 0.900 bits per heavy atom. The fourth-order valence-corrected chi connectivity index (χ4v) is 3.94. The van der Waals surface area contributed by atoms with Crippen LogP contribution < -0.4 is 9.47 Å². The van der Waals surface area contributed by atoms with Gasteiger partial charge in [0.2, 0.25) is 5.88 Å². The van der Waals surface area contributed by atoms with E-state index in [1.54, 1.807) is 22.9 Å². The van der Waals surface area contributed by atoms with Gasteiger partial charge in [-0.05, 0) is 43.3 Å². The van der Waals surface area contributed by atoms with Gasteiger partial charge < -0.3 is 9.47 Å². The highest BCUT2D eigenvalue weighted by atomic mass is 32.2. The van der Waals surface area contributed by atoms with Crippen molar-refractivity contribution in [3.05, 3.63) is 96.2 Å². The van der Waals surface area contributed by atoms with Gasteiger partial charge in [0.15, 0.2) is 0 Å². The molecule has 3 aromatic carbocycles. The van der Waals surface area contributed by atoms with Crippen LogP contribution >= 0.6 is 11.8 Å². The van der Waals surface area contributed by atoms with Crippen molar-refractivity contribution < 1.29 is 14.3 Å². The van der Waals surface area contributed by atoms with Gasteiger partial charge in [0, 0.05) is 4.90 Å². The van der Waals surface area contributed by atoms with Gasteiger partial charge in [-0.1, -0.05) is 60.3 Å². The Bertz CT molecular complexity index is 1160. The van der Waals surface area contributed by atoms with Crippen molar-refractivity contribution in [2.24, 2.45) is 0 Å². The predicted molar refractivity (Wildman–Crippen MR) is 117 cm³/mol. The van der Waals surface area contributed by atoms with Gasteiger partial charge in [0.05, 0.1) is 23.4 Å². The summed E-state index contributed by atoms with van der Waals surface area (Å²) in [6, 6.07) is 26.5. The first-order chi connectivity index (χ1) is 14.7. The summed E-state index contributed by atoms with van der Waals surface area (Å²) in [6.07, 6.45) is 0. The molecular formula is C24H20N2O3S. The zero-order valence-electron chi connectivity index (χ0n) is 16.6. The monoisotopic (exact) mass is 416 g/mol. The Morgan fingerprint density at radius 2 is 1.53 bits per heavy atom. The van der Waals surface area contributed by atoms with Crippen LogP contribution in [0, 0.1) is 6.92 Å². The van der Waals surface area contributed by atoms with Gasteiger partial charge in [-0.2, -0.15) is 9.78 Å². The first-order valence-electron chi connectivity index (χ1n) is 9.40. The third-order valence-electron chi connectivity index (χ3n) is 4.45. The zero-order chi connectivity index (χ0) is 20.9. The lowest BCUT2D eigenvalue weighted by molar-refractivity contribution is 0.0715. The molecule has 0 fully saturated rings. The molecule has 30 heavy (non-hydrogen) atoms. The standard InChI is InChI=1S/C24H20N2O3S/c1-17-22(30-19-13-7-4-8-14-19)23(26(25-17)18-11-5-3-6-12-18)29-24(27)20-15-9-10-16-21(20)28-2/h3-16H,1-2H3. The summed E-state index contributed by atoms with van der Waals surface area (Å²) >= 11 is 1.51. The fourth-order valence-electron chi connectivity index (χ4n) is 3.01. The predicted octanol–water partition coefficient (Wildman–Crippen LogP) is 5.56. The minimum absolute atomic E-state index is 0.356. The van der Waals surface area contributed by atoms with Crippen LogP contribution in [0.1, 0.15) is 16.1 Å². The molecule has 0 N–H and O–H groups in total. The molecule has 0 atom stereocenters. The molecule has 0 saturated heterocycles. The number of carbonyl (C=O) groups excluding carboxylic acids is 1. The Balaban J connectivity index is 1.78. The summed E-state index contributed by atoms with van der Waals surface area (Å²) in [4.78, 5) is 14.9. The third kappa shape index (κ3) is 4.09. The van der Waals surface area contributed by atoms with Crippen LogP contribution in [0.3, 0.4) is 0 Å². The number of hydrogen-bond acceptors (Lipinski definition) is 5. The summed E-state index contributed by atoms with van der Waals surface area (Å²) < 4.78 is 12.9. The van der Waals surface area contributed by atoms with E-state index in [9.17, 15) is 4.79 Å². The Hall–Kier alpha value is -3.51. The first-order valence-corrected chi connectivity index (χ1v) is 10.2. The molecule has 0 radical (unpaired) electrons. The number of ether oxygens (including phenoxy) is 2. The summed E-state index contributed by atoms with van der Waals surface area (Å²) in [5.74, 6) is 0.338. The maximum Gasteiger partial charge on any atom is 0.348 e. The summed E-state index contributed by atoms with van der Waals surface area (Å²) in [5.41, 5.74) is 1.94. The molecule has 4 aromatic rings. The molecule has 0 aliphatic rings. The molecule has 0 amide bonds. The average molecular weight is 417 g/mol. The molecule has 0 saturated carbocycles. The molecule has 4 rings (SSSR count). The number of aromatic nitrogens is 2. The molecule has 150 valence electrons. The van der Waals surface area contributed by atoms with Crippen molar-refractivity contribution in [2.75, 3.05) is 7.11 Å². The van der Waals surface area contributed by atoms with Crippen LogP contribution in [0.2, 0.25) is 0 Å². The molecule has 0 aliphatic carbocycles. The van der Waals surface area contributed by atoms with E-state index in [4.69, 9.17) is 9.47 Å². The number of carbonyl (C=O) groups is 1. The van der Waals surface area contributed by atoms with E-state index in [1.807, 2.05) is 73.7 Å². The highest BCUT2D eigenvalue weighted by Crippen LogP contribution is 2.39. The third-order valence-corrected chi connectivity index (χ3v) is 5.63. The van der Waals surface area contributed by atoms with Crippen LogP contribution in [0.15, 0.2) is 94.7 Å². The van der Waals surface area contributed by atoms with E-state index in [2.05, 4.69) is 5.10 Å². The molecule has 0 spiro atoms. The van der Waals surface area contributed by atoms with Crippen molar-refractivity contribution in [2.45, 2.75) is 16.7 Å². The van der Waals surface area contributed by atoms with Gasteiger partial charge in [-0.15, -0.1) is 0 Å². The number of aryl methyl sites for hydroxylation is 1. The van der Waals surface area contributed by atoms with E-state index in [0.717, 1.165) is 21.2 Å². The van der Waals surface area contributed by atoms with E-state index in [1.165, 1.54) is 18.9 Å². The lowest BCUT2D eigenvalue weighted by Crippen LogP contribution is -2.13. The normalized spacial score (nSPS) is 10.6. The smallest absolute Gasteiger partial charge is 0.348 e. The zero-order valence-corrected chi connectivity index (χ0v) is 17.4. The van der Waals surface area contributed by atoms with Crippen molar-refractivity contribution >= 4 is 17.7 Å². The number of hydrogen-bond donors (Lipinski definition) is 0. The van der Waals surface area contributed by atoms with Crippen LogP contribution in [-0.4, -0.2) is 22.9 Å². The Morgan fingerprint density at radius 3 is 2.23 bits per heavy atom. The van der Waals surface area contributed by atoms with E-state index in [-0.39, 0.29) is 0 Å². The second-order valence-electron chi connectivity index (χ2n) is 6.47. The van der Waals surface area contributed by atoms with Gasteiger partial charge in [-0.25, -0.2) is 4.79 Å². The minimum atomic E-state index is -0.501. The quantitative estimate of drug-likeness (QED) is 0.385. The summed E-state index contributed by atoms with van der Waals surface area (Å²) in [5, 5.41) is 4.65. The Kier molecular flexibility index (Phi) is 5.86. The van der Waals surface area contributed by atoms with Crippen molar-refractivity contribution in [1.82, 2.24) is 9.78 Å². The lowest BCUT2D eigenvalue weighted by Gasteiger charge is -2.12. The SMILES string of the molecule is COc1ccccc1C(=O)Oc1c(Sc2ccccc2)c(C)nn1-c1ccccc1. The topological polar surface area (TPSA) is 53.4 Å². The van der Waals surface area contributed by atoms with E-state index >= 15 is 0 Å². The van der Waals surface area contributed by atoms with Crippen molar-refractivity contribution in [3.8, 4) is 17.3 Å². The molecule has 0 aliphatic heterocycles. The summed E-state index contributed by atoms with van der Waals surface area (Å²) in [7, 11) is 1.53. The van der Waals surface area contributed by atoms with Crippen LogP contribution in [-0.2, 0) is 0 Å². The highest BCUT2D eigenvalue weighted by molar-refractivity contribution is 7.99. The Labute approximate surface area is 179 Å². The highest BCUT2D eigenvalue weighted by Gasteiger charge is 2.24. The number of esters is 1. The van der Waals surface area contributed by atoms with Crippen LogP contribution in [0.4, 0.5) is 0 Å². The van der Waals surface area contributed by atoms with Gasteiger partial charge in [0.25, 0.3) is 0 Å². The van der Waals surface area contributed by atoms with E-state index < -0.39 is 5.97 Å². The molecule has 0 unspecified atom stereocenters. The molecule has 0 bridgehead atoms. The summed E-state index contributed by atoms with van der Waals surface area (Å²) in [6.45, 7) is 1.91. The van der Waals surface area contributed by atoms with E-state index in [0.29, 0.717) is 17.2 Å². The maximum atomic E-state index is 13.0. The number of nitrogens with zero attached hydrogens (tertiary/aromatic N) is 2. The minimum Gasteiger partial charge on any atom is -0.496 e. The first kappa shape index (κ1) is 19.8. The molecule has 6 heteroatoms. The second-order valence-corrected chi connectivity index (χ2v) is 7.56. The van der Waals surface area contributed by atoms with Gasteiger partial charge in [-0.3, -0.25) is 0 Å². The average Bonchev–Trinajstić information content (AvgIpc) is 3.10. The molecular weight excluding hydrogens is 396 g/mol. The van der Waals surface area contributed by atoms with Crippen molar-refractivity contribution in [3.63, 3.8) is 0 Å². The molecule has 5 nitrogen and oxygen atoms in total. The van der Waals surface area contributed by atoms with Crippen LogP contribution in [0.25, 0.3) is 5.69 Å². The molecule has 1 heterocycles. The van der Waals surface area contributed by atoms with Gasteiger partial charge in [0.1, 0.15) is 11.3 Å². The number of methoxy groups -OCH3 is 1. The number of para-hydroxylation sites is 2. The second kappa shape index (κ2) is 8.88. The largest absolute Gasteiger partial charge is 0.496 e. The maximum absolute atomic E-state index is 13.0. The van der Waals surface area contributed by atoms with Crippen molar-refractivity contribution in [1.29, 1.82) is 0 Å². The number of benzene rings is 3. The fraction of sp³-hybridized carbons (Fsp3) is 0.0833. The lowest BCUT2D eigenvalue weighted by atomic mass is 10.2. The van der Waals surface area contributed by atoms with Gasteiger partial charge >= 0.3 is 5.97 Å². The molecule has 1 aromatic heterocycles. The number of rotatable bonds is 6.